The maximum absolute atomic E-state index is 13.0. The molecular weight excluding hydrogens is 440 g/mol. The van der Waals surface area contributed by atoms with E-state index < -0.39 is 11.9 Å². The van der Waals surface area contributed by atoms with Crippen LogP contribution in [0.25, 0.3) is 0 Å². The second kappa shape index (κ2) is 9.97. The lowest BCUT2D eigenvalue weighted by Crippen LogP contribution is -2.40. The lowest BCUT2D eigenvalue weighted by molar-refractivity contribution is -0.117. The molecule has 1 aliphatic heterocycles. The Hall–Kier alpha value is -3.49. The van der Waals surface area contributed by atoms with Gasteiger partial charge in [0, 0.05) is 17.1 Å². The van der Waals surface area contributed by atoms with Gasteiger partial charge in [0.15, 0.2) is 0 Å². The standard InChI is InChI=1S/C25H24N2O5S/c1-31-24(29)17-12-18(25(30)32-2)14-19(13-17)26-22(28)15-27-10-8-21-20(9-11-33-21)23(27)16-6-4-3-5-7-16/h3-7,9,11-14,23H,8,10,15H2,1-2H3,(H,26,28). The number of carbonyl (C=O) groups excluding carboxylic acids is 3. The van der Waals surface area contributed by atoms with Crippen molar-refractivity contribution < 1.29 is 23.9 Å². The molecule has 1 N–H and O–H groups in total. The van der Waals surface area contributed by atoms with Crippen molar-refractivity contribution in [1.82, 2.24) is 4.90 Å². The Labute approximate surface area is 195 Å². The number of hydrogen-bond acceptors (Lipinski definition) is 7. The van der Waals surface area contributed by atoms with Gasteiger partial charge in [0.1, 0.15) is 0 Å². The lowest BCUT2D eigenvalue weighted by atomic mass is 9.93. The Morgan fingerprint density at radius 3 is 2.30 bits per heavy atom. The first-order valence-electron chi connectivity index (χ1n) is 10.5. The van der Waals surface area contributed by atoms with Gasteiger partial charge in [0.2, 0.25) is 5.91 Å². The SMILES string of the molecule is COC(=O)c1cc(NC(=O)CN2CCc3sccc3C2c2ccccc2)cc(C(=O)OC)c1. The zero-order chi connectivity index (χ0) is 23.4. The van der Waals surface area contributed by atoms with Crippen molar-refractivity contribution in [2.75, 3.05) is 32.6 Å². The molecule has 8 heteroatoms. The minimum absolute atomic E-state index is 0.0148. The molecular formula is C25H24N2O5S. The predicted molar refractivity (Wildman–Crippen MR) is 126 cm³/mol. The summed E-state index contributed by atoms with van der Waals surface area (Å²) in [7, 11) is 2.51. The monoisotopic (exact) mass is 464 g/mol. The van der Waals surface area contributed by atoms with E-state index in [1.165, 1.54) is 42.9 Å². The van der Waals surface area contributed by atoms with Crippen molar-refractivity contribution in [2.24, 2.45) is 0 Å². The molecule has 1 aromatic heterocycles. The molecule has 0 fully saturated rings. The smallest absolute Gasteiger partial charge is 0.337 e. The van der Waals surface area contributed by atoms with E-state index in [1.807, 2.05) is 18.2 Å². The molecule has 33 heavy (non-hydrogen) atoms. The summed E-state index contributed by atoms with van der Waals surface area (Å²) in [5.41, 5.74) is 2.99. The first-order chi connectivity index (χ1) is 16.0. The van der Waals surface area contributed by atoms with Crippen molar-refractivity contribution in [3.8, 4) is 0 Å². The fourth-order valence-electron chi connectivity index (χ4n) is 4.12. The number of nitrogens with one attached hydrogen (secondary N) is 1. The van der Waals surface area contributed by atoms with Crippen molar-refractivity contribution in [3.05, 3.63) is 87.1 Å². The number of fused-ring (bicyclic) bond motifs is 1. The van der Waals surface area contributed by atoms with Gasteiger partial charge in [0.05, 0.1) is 37.9 Å². The number of ether oxygens (including phenoxy) is 2. The highest BCUT2D eigenvalue weighted by Gasteiger charge is 2.30. The number of methoxy groups -OCH3 is 2. The molecule has 1 unspecified atom stereocenters. The van der Waals surface area contributed by atoms with E-state index in [4.69, 9.17) is 9.47 Å². The summed E-state index contributed by atoms with van der Waals surface area (Å²) >= 11 is 1.75. The van der Waals surface area contributed by atoms with E-state index in [2.05, 4.69) is 33.8 Å². The third kappa shape index (κ3) is 4.97. The molecule has 0 spiro atoms. The molecule has 2 aromatic carbocycles. The van der Waals surface area contributed by atoms with Gasteiger partial charge < -0.3 is 14.8 Å². The number of esters is 2. The van der Waals surface area contributed by atoms with Gasteiger partial charge in [-0.25, -0.2) is 9.59 Å². The molecule has 1 aliphatic rings. The second-order valence-electron chi connectivity index (χ2n) is 7.66. The molecule has 0 bridgehead atoms. The van der Waals surface area contributed by atoms with E-state index in [9.17, 15) is 14.4 Å². The Kier molecular flexibility index (Phi) is 6.86. The average Bonchev–Trinajstić information content (AvgIpc) is 3.32. The van der Waals surface area contributed by atoms with E-state index in [0.29, 0.717) is 5.69 Å². The zero-order valence-corrected chi connectivity index (χ0v) is 19.2. The normalized spacial score (nSPS) is 15.4. The molecule has 4 rings (SSSR count). The molecule has 0 saturated carbocycles. The second-order valence-corrected chi connectivity index (χ2v) is 8.66. The summed E-state index contributed by atoms with van der Waals surface area (Å²) in [5, 5.41) is 4.92. The van der Waals surface area contributed by atoms with Crippen LogP contribution in [0.5, 0.6) is 0 Å². The highest BCUT2D eigenvalue weighted by Crippen LogP contribution is 2.37. The zero-order valence-electron chi connectivity index (χ0n) is 18.4. The van der Waals surface area contributed by atoms with Crippen LogP contribution < -0.4 is 5.32 Å². The molecule has 170 valence electrons. The Morgan fingerprint density at radius 1 is 1.00 bits per heavy atom. The Bertz CT molecular complexity index is 1140. The van der Waals surface area contributed by atoms with Crippen molar-refractivity contribution in [2.45, 2.75) is 12.5 Å². The molecule has 3 aromatic rings. The topological polar surface area (TPSA) is 84.9 Å². The summed E-state index contributed by atoms with van der Waals surface area (Å²) in [6.45, 7) is 0.904. The summed E-state index contributed by atoms with van der Waals surface area (Å²) in [6, 6.07) is 16.6. The largest absolute Gasteiger partial charge is 0.465 e. The number of anilines is 1. The number of nitrogens with zero attached hydrogens (tertiary/aromatic N) is 1. The summed E-state index contributed by atoms with van der Waals surface area (Å²) in [4.78, 5) is 40.6. The van der Waals surface area contributed by atoms with Crippen LogP contribution in [0.4, 0.5) is 5.69 Å². The maximum atomic E-state index is 13.0. The summed E-state index contributed by atoms with van der Waals surface area (Å²) in [5.74, 6) is -1.46. The minimum atomic E-state index is -0.610. The fourth-order valence-corrected chi connectivity index (χ4v) is 5.02. The van der Waals surface area contributed by atoms with Gasteiger partial charge in [-0.2, -0.15) is 0 Å². The molecule has 7 nitrogen and oxygen atoms in total. The van der Waals surface area contributed by atoms with E-state index in [0.717, 1.165) is 18.5 Å². The third-order valence-electron chi connectivity index (χ3n) is 5.59. The van der Waals surface area contributed by atoms with Crippen LogP contribution in [0.1, 0.15) is 42.8 Å². The van der Waals surface area contributed by atoms with Gasteiger partial charge >= 0.3 is 11.9 Å². The quantitative estimate of drug-likeness (QED) is 0.557. The average molecular weight is 465 g/mol. The van der Waals surface area contributed by atoms with Gasteiger partial charge in [-0.3, -0.25) is 9.69 Å². The maximum Gasteiger partial charge on any atom is 0.337 e. The minimum Gasteiger partial charge on any atom is -0.465 e. The summed E-state index contributed by atoms with van der Waals surface area (Å²) < 4.78 is 9.53. The first-order valence-corrected chi connectivity index (χ1v) is 11.3. The van der Waals surface area contributed by atoms with Crippen LogP contribution in [-0.4, -0.2) is 50.1 Å². The van der Waals surface area contributed by atoms with E-state index >= 15 is 0 Å². The molecule has 0 saturated heterocycles. The first kappa shape index (κ1) is 22.7. The van der Waals surface area contributed by atoms with E-state index in [-0.39, 0.29) is 29.6 Å². The van der Waals surface area contributed by atoms with E-state index in [1.54, 1.807) is 11.3 Å². The number of rotatable bonds is 6. The van der Waals surface area contributed by atoms with Crippen LogP contribution in [0.15, 0.2) is 60.0 Å². The summed E-state index contributed by atoms with van der Waals surface area (Å²) in [6.07, 6.45) is 0.883. The molecule has 1 amide bonds. The number of thiophene rings is 1. The van der Waals surface area contributed by atoms with Crippen molar-refractivity contribution in [1.29, 1.82) is 0 Å². The van der Waals surface area contributed by atoms with Crippen LogP contribution in [0.2, 0.25) is 0 Å². The molecule has 1 atom stereocenters. The molecule has 2 heterocycles. The van der Waals surface area contributed by atoms with Gasteiger partial charge in [0.25, 0.3) is 0 Å². The van der Waals surface area contributed by atoms with Crippen molar-refractivity contribution in [3.63, 3.8) is 0 Å². The highest BCUT2D eigenvalue weighted by atomic mass is 32.1. The van der Waals surface area contributed by atoms with Crippen LogP contribution in [0.3, 0.4) is 0 Å². The fraction of sp³-hybridized carbons (Fsp3) is 0.240. The van der Waals surface area contributed by atoms with Gasteiger partial charge in [-0.15, -0.1) is 11.3 Å². The number of hydrogen-bond donors (Lipinski definition) is 1. The Balaban J connectivity index is 1.57. The Morgan fingerprint density at radius 2 is 1.67 bits per heavy atom. The lowest BCUT2D eigenvalue weighted by Gasteiger charge is -2.35. The number of benzene rings is 2. The van der Waals surface area contributed by atoms with Crippen LogP contribution in [0, 0.1) is 0 Å². The number of carbonyl (C=O) groups is 3. The van der Waals surface area contributed by atoms with Crippen LogP contribution >= 0.6 is 11.3 Å². The van der Waals surface area contributed by atoms with Crippen molar-refractivity contribution >= 4 is 34.9 Å². The number of amides is 1. The van der Waals surface area contributed by atoms with Gasteiger partial charge in [-0.05, 0) is 47.2 Å². The molecule has 0 radical (unpaired) electrons. The molecule has 0 aliphatic carbocycles. The predicted octanol–water partition coefficient (Wildman–Crippen LogP) is 3.91. The highest BCUT2D eigenvalue weighted by molar-refractivity contribution is 7.10. The van der Waals surface area contributed by atoms with Gasteiger partial charge in [-0.1, -0.05) is 30.3 Å². The van der Waals surface area contributed by atoms with Crippen LogP contribution in [-0.2, 0) is 20.7 Å². The third-order valence-corrected chi connectivity index (χ3v) is 6.58.